The molecule has 134 valence electrons. The highest BCUT2D eigenvalue weighted by Crippen LogP contribution is 2.24. The van der Waals surface area contributed by atoms with Gasteiger partial charge in [-0.3, -0.25) is 4.79 Å². The lowest BCUT2D eigenvalue weighted by Crippen LogP contribution is -2.16. The van der Waals surface area contributed by atoms with Crippen molar-refractivity contribution in [3.63, 3.8) is 0 Å². The summed E-state index contributed by atoms with van der Waals surface area (Å²) in [5, 5.41) is 7.69. The summed E-state index contributed by atoms with van der Waals surface area (Å²) in [7, 11) is 0. The third kappa shape index (κ3) is 3.15. The number of rotatable bonds is 4. The highest BCUT2D eigenvalue weighted by molar-refractivity contribution is 6.07. The van der Waals surface area contributed by atoms with Crippen LogP contribution in [-0.2, 0) is 0 Å². The largest absolute Gasteiger partial charge is 0.322 e. The number of aromatic nitrogens is 3. The first kappa shape index (κ1) is 16.8. The second-order valence-corrected chi connectivity index (χ2v) is 6.39. The van der Waals surface area contributed by atoms with Crippen LogP contribution in [0.1, 0.15) is 21.6 Å². The van der Waals surface area contributed by atoms with Crippen molar-refractivity contribution in [1.82, 2.24) is 14.3 Å². The van der Waals surface area contributed by atoms with Gasteiger partial charge in [-0.15, -0.1) is 0 Å². The van der Waals surface area contributed by atoms with Gasteiger partial charge in [0.15, 0.2) is 5.82 Å². The molecule has 0 saturated heterocycles. The zero-order valence-corrected chi connectivity index (χ0v) is 15.3. The molecule has 0 spiro atoms. The van der Waals surface area contributed by atoms with Gasteiger partial charge in [-0.25, -0.2) is 4.68 Å². The SMILES string of the molecule is Cc1ccccc1NC(=O)c1c(C)nn(-c2ccccc2)c1-n1cccc1. The molecule has 4 aromatic rings. The second kappa shape index (κ2) is 6.96. The molecule has 0 saturated carbocycles. The molecule has 0 atom stereocenters. The number of nitrogens with one attached hydrogen (secondary N) is 1. The van der Waals surface area contributed by atoms with E-state index in [4.69, 9.17) is 0 Å². The topological polar surface area (TPSA) is 51.9 Å². The molecule has 0 unspecified atom stereocenters. The van der Waals surface area contributed by atoms with E-state index in [1.165, 1.54) is 0 Å². The monoisotopic (exact) mass is 356 g/mol. The molecule has 4 rings (SSSR count). The van der Waals surface area contributed by atoms with E-state index in [0.717, 1.165) is 22.8 Å². The molecule has 1 N–H and O–H groups in total. The molecule has 0 bridgehead atoms. The first-order valence-electron chi connectivity index (χ1n) is 8.80. The van der Waals surface area contributed by atoms with E-state index in [1.807, 2.05) is 102 Å². The molecular formula is C22H20N4O. The van der Waals surface area contributed by atoms with Gasteiger partial charge in [-0.05, 0) is 49.7 Å². The van der Waals surface area contributed by atoms with Gasteiger partial charge in [-0.1, -0.05) is 36.4 Å². The van der Waals surface area contributed by atoms with E-state index in [2.05, 4.69) is 10.4 Å². The highest BCUT2D eigenvalue weighted by Gasteiger charge is 2.24. The Labute approximate surface area is 157 Å². The van der Waals surface area contributed by atoms with Crippen LogP contribution in [0.3, 0.4) is 0 Å². The predicted octanol–water partition coefficient (Wildman–Crippen LogP) is 4.53. The van der Waals surface area contributed by atoms with E-state index in [1.54, 1.807) is 0 Å². The Balaban J connectivity index is 1.84. The maximum absolute atomic E-state index is 13.2. The van der Waals surface area contributed by atoms with Crippen molar-refractivity contribution in [1.29, 1.82) is 0 Å². The zero-order valence-electron chi connectivity index (χ0n) is 15.3. The molecule has 0 aliphatic rings. The molecule has 2 aromatic carbocycles. The zero-order chi connectivity index (χ0) is 18.8. The summed E-state index contributed by atoms with van der Waals surface area (Å²) in [6.07, 6.45) is 3.83. The normalized spacial score (nSPS) is 10.7. The lowest BCUT2D eigenvalue weighted by Gasteiger charge is -2.12. The fourth-order valence-corrected chi connectivity index (χ4v) is 3.14. The van der Waals surface area contributed by atoms with Crippen molar-refractivity contribution < 1.29 is 4.79 Å². The van der Waals surface area contributed by atoms with Crippen LogP contribution in [-0.4, -0.2) is 20.3 Å². The number of aryl methyl sites for hydroxylation is 2. The molecule has 0 aliphatic carbocycles. The number of nitrogens with zero attached hydrogens (tertiary/aromatic N) is 3. The van der Waals surface area contributed by atoms with Crippen molar-refractivity contribution in [2.45, 2.75) is 13.8 Å². The first-order chi connectivity index (χ1) is 13.1. The fraction of sp³-hybridized carbons (Fsp3) is 0.0909. The average Bonchev–Trinajstić information content (AvgIpc) is 3.31. The summed E-state index contributed by atoms with van der Waals surface area (Å²) in [6, 6.07) is 21.4. The predicted molar refractivity (Wildman–Crippen MR) is 107 cm³/mol. The lowest BCUT2D eigenvalue weighted by atomic mass is 10.1. The Morgan fingerprint density at radius 1 is 0.889 bits per heavy atom. The molecule has 2 heterocycles. The van der Waals surface area contributed by atoms with Crippen LogP contribution in [0.25, 0.3) is 11.5 Å². The minimum Gasteiger partial charge on any atom is -0.322 e. The van der Waals surface area contributed by atoms with E-state index in [-0.39, 0.29) is 5.91 Å². The van der Waals surface area contributed by atoms with E-state index < -0.39 is 0 Å². The maximum atomic E-state index is 13.2. The molecule has 1 amide bonds. The van der Waals surface area contributed by atoms with E-state index in [9.17, 15) is 4.79 Å². The van der Waals surface area contributed by atoms with E-state index >= 15 is 0 Å². The molecular weight excluding hydrogens is 336 g/mol. The number of amides is 1. The second-order valence-electron chi connectivity index (χ2n) is 6.39. The molecule has 2 aromatic heterocycles. The summed E-state index contributed by atoms with van der Waals surface area (Å²) < 4.78 is 3.72. The number of benzene rings is 2. The fourth-order valence-electron chi connectivity index (χ4n) is 3.14. The van der Waals surface area contributed by atoms with Crippen molar-refractivity contribution in [2.75, 3.05) is 5.32 Å². The minimum absolute atomic E-state index is 0.173. The van der Waals surface area contributed by atoms with Crippen molar-refractivity contribution in [3.05, 3.63) is 95.9 Å². The third-order valence-electron chi connectivity index (χ3n) is 4.51. The molecule has 0 aliphatic heterocycles. The standard InChI is InChI=1S/C22H20N4O/c1-16-10-6-7-13-19(16)23-21(27)20-17(2)24-26(18-11-4-3-5-12-18)22(20)25-14-8-9-15-25/h3-15H,1-2H3,(H,23,27). The van der Waals surface area contributed by atoms with Crippen LogP contribution < -0.4 is 5.32 Å². The van der Waals surface area contributed by atoms with Gasteiger partial charge in [0.1, 0.15) is 5.56 Å². The Morgan fingerprint density at radius 2 is 1.56 bits per heavy atom. The quantitative estimate of drug-likeness (QED) is 0.584. The van der Waals surface area contributed by atoms with Crippen molar-refractivity contribution >= 4 is 11.6 Å². The van der Waals surface area contributed by atoms with Crippen LogP contribution in [0.4, 0.5) is 5.69 Å². The molecule has 27 heavy (non-hydrogen) atoms. The first-order valence-corrected chi connectivity index (χ1v) is 8.80. The molecule has 0 fully saturated rings. The van der Waals surface area contributed by atoms with Crippen LogP contribution in [0, 0.1) is 13.8 Å². The maximum Gasteiger partial charge on any atom is 0.261 e. The van der Waals surface area contributed by atoms with Gasteiger partial charge in [0.05, 0.1) is 11.4 Å². The third-order valence-corrected chi connectivity index (χ3v) is 4.51. The summed E-state index contributed by atoms with van der Waals surface area (Å²) >= 11 is 0. The number of hydrogen-bond acceptors (Lipinski definition) is 2. The Morgan fingerprint density at radius 3 is 2.26 bits per heavy atom. The summed E-state index contributed by atoms with van der Waals surface area (Å²) in [4.78, 5) is 13.2. The van der Waals surface area contributed by atoms with Gasteiger partial charge in [-0.2, -0.15) is 5.10 Å². The number of para-hydroxylation sites is 2. The lowest BCUT2D eigenvalue weighted by molar-refractivity contribution is 0.102. The van der Waals surface area contributed by atoms with Gasteiger partial charge < -0.3 is 9.88 Å². The Kier molecular flexibility index (Phi) is 4.34. The van der Waals surface area contributed by atoms with Crippen LogP contribution >= 0.6 is 0 Å². The van der Waals surface area contributed by atoms with Gasteiger partial charge >= 0.3 is 0 Å². The van der Waals surface area contributed by atoms with Crippen molar-refractivity contribution in [2.24, 2.45) is 0 Å². The minimum atomic E-state index is -0.173. The molecule has 0 radical (unpaired) electrons. The summed E-state index contributed by atoms with van der Waals surface area (Å²) in [5.41, 5.74) is 3.94. The smallest absolute Gasteiger partial charge is 0.261 e. The van der Waals surface area contributed by atoms with Crippen molar-refractivity contribution in [3.8, 4) is 11.5 Å². The number of carbonyl (C=O) groups excluding carboxylic acids is 1. The van der Waals surface area contributed by atoms with Crippen LogP contribution in [0.5, 0.6) is 0 Å². The highest BCUT2D eigenvalue weighted by atomic mass is 16.1. The Hall–Kier alpha value is -3.60. The van der Waals surface area contributed by atoms with Crippen LogP contribution in [0.2, 0.25) is 0 Å². The number of anilines is 1. The summed E-state index contributed by atoms with van der Waals surface area (Å²) in [6.45, 7) is 3.84. The van der Waals surface area contributed by atoms with Crippen LogP contribution in [0.15, 0.2) is 79.1 Å². The number of hydrogen-bond donors (Lipinski definition) is 1. The number of carbonyl (C=O) groups is 1. The average molecular weight is 356 g/mol. The van der Waals surface area contributed by atoms with Gasteiger partial charge in [0.2, 0.25) is 0 Å². The van der Waals surface area contributed by atoms with Gasteiger partial charge in [0.25, 0.3) is 5.91 Å². The molecule has 5 heteroatoms. The van der Waals surface area contributed by atoms with Gasteiger partial charge in [0, 0.05) is 18.1 Å². The molecule has 5 nitrogen and oxygen atoms in total. The Bertz CT molecular complexity index is 1080. The van der Waals surface area contributed by atoms with E-state index in [0.29, 0.717) is 11.3 Å². The summed E-state index contributed by atoms with van der Waals surface area (Å²) in [5.74, 6) is 0.544.